The maximum Gasteiger partial charge on any atom is 0.227 e. The maximum atomic E-state index is 12.2. The largest absolute Gasteiger partial charge is 0.490 e. The van der Waals surface area contributed by atoms with Crippen LogP contribution in [-0.4, -0.2) is 31.6 Å². The molecule has 2 aromatic carbocycles. The smallest absolute Gasteiger partial charge is 0.227 e. The number of anilines is 2. The third-order valence-electron chi connectivity index (χ3n) is 4.80. The fourth-order valence-corrected chi connectivity index (χ4v) is 3.42. The number of amides is 2. The first-order valence-electron chi connectivity index (χ1n) is 10.1. The van der Waals surface area contributed by atoms with Crippen LogP contribution >= 0.6 is 0 Å². The highest BCUT2D eigenvalue weighted by atomic mass is 16.5. The van der Waals surface area contributed by atoms with Crippen molar-refractivity contribution in [3.05, 3.63) is 48.0 Å². The Labute approximate surface area is 171 Å². The third-order valence-corrected chi connectivity index (χ3v) is 4.80. The summed E-state index contributed by atoms with van der Waals surface area (Å²) in [5.41, 5.74) is 2.64. The van der Waals surface area contributed by atoms with E-state index in [2.05, 4.69) is 5.32 Å². The summed E-state index contributed by atoms with van der Waals surface area (Å²) < 4.78 is 11.3. The molecule has 154 valence electrons. The average Bonchev–Trinajstić information content (AvgIpc) is 3.12. The van der Waals surface area contributed by atoms with Gasteiger partial charge in [-0.2, -0.15) is 0 Å². The van der Waals surface area contributed by atoms with Gasteiger partial charge in [-0.25, -0.2) is 0 Å². The minimum absolute atomic E-state index is 0.0592. The summed E-state index contributed by atoms with van der Waals surface area (Å²) in [7, 11) is 0. The predicted octanol–water partition coefficient (Wildman–Crippen LogP) is 4.32. The van der Waals surface area contributed by atoms with E-state index in [1.807, 2.05) is 61.2 Å². The molecule has 2 aromatic rings. The molecular formula is C23H28N2O4. The van der Waals surface area contributed by atoms with Crippen molar-refractivity contribution in [3.8, 4) is 11.5 Å². The Morgan fingerprint density at radius 3 is 2.55 bits per heavy atom. The van der Waals surface area contributed by atoms with Crippen LogP contribution in [0.5, 0.6) is 11.5 Å². The molecule has 1 heterocycles. The number of carbonyl (C=O) groups excluding carboxylic acids is 2. The molecule has 0 aromatic heterocycles. The molecule has 1 saturated heterocycles. The number of rotatable bonds is 9. The van der Waals surface area contributed by atoms with Crippen molar-refractivity contribution in [3.63, 3.8) is 0 Å². The number of benzene rings is 2. The van der Waals surface area contributed by atoms with E-state index in [0.717, 1.165) is 29.9 Å². The lowest BCUT2D eigenvalue weighted by atomic mass is 10.1. The van der Waals surface area contributed by atoms with Gasteiger partial charge in [0.05, 0.1) is 13.2 Å². The van der Waals surface area contributed by atoms with Crippen molar-refractivity contribution in [2.75, 3.05) is 30.0 Å². The van der Waals surface area contributed by atoms with Crippen molar-refractivity contribution in [1.82, 2.24) is 0 Å². The van der Waals surface area contributed by atoms with Gasteiger partial charge in [-0.3, -0.25) is 9.59 Å². The van der Waals surface area contributed by atoms with Gasteiger partial charge in [0.25, 0.3) is 0 Å². The van der Waals surface area contributed by atoms with E-state index in [1.54, 1.807) is 0 Å². The van der Waals surface area contributed by atoms with Crippen molar-refractivity contribution >= 4 is 23.2 Å². The summed E-state index contributed by atoms with van der Waals surface area (Å²) in [6.45, 7) is 5.66. The molecule has 1 N–H and O–H groups in total. The van der Waals surface area contributed by atoms with Crippen LogP contribution < -0.4 is 19.7 Å². The van der Waals surface area contributed by atoms with E-state index in [-0.39, 0.29) is 11.8 Å². The molecule has 0 radical (unpaired) electrons. The minimum atomic E-state index is -0.0592. The molecule has 1 aliphatic rings. The summed E-state index contributed by atoms with van der Waals surface area (Å²) in [5, 5.41) is 2.92. The summed E-state index contributed by atoms with van der Waals surface area (Å²) in [5.74, 6) is 1.51. The zero-order chi connectivity index (χ0) is 20.6. The summed E-state index contributed by atoms with van der Waals surface area (Å²) >= 11 is 0. The van der Waals surface area contributed by atoms with Gasteiger partial charge >= 0.3 is 0 Å². The molecule has 3 rings (SSSR count). The number of aryl methyl sites for hydroxylation is 1. The molecule has 0 unspecified atom stereocenters. The molecule has 0 bridgehead atoms. The van der Waals surface area contributed by atoms with Gasteiger partial charge in [0, 0.05) is 30.8 Å². The Balaban J connectivity index is 1.46. The molecule has 6 nitrogen and oxygen atoms in total. The fourth-order valence-electron chi connectivity index (χ4n) is 3.42. The second kappa shape index (κ2) is 9.96. The average molecular weight is 396 g/mol. The third kappa shape index (κ3) is 5.50. The molecule has 0 spiro atoms. The van der Waals surface area contributed by atoms with E-state index < -0.39 is 0 Å². The number of hydrogen-bond acceptors (Lipinski definition) is 4. The lowest BCUT2D eigenvalue weighted by Crippen LogP contribution is -2.24. The standard InChI is InChI=1S/C23H28N2O4/c1-3-28-20-8-4-5-9-21(20)29-15-7-10-22(26)24-18-12-13-19(17(2)16-18)25-14-6-11-23(25)27/h4-5,8-9,12-13,16H,3,6-7,10-11,14-15H2,1-2H3,(H,24,26). The first kappa shape index (κ1) is 20.7. The first-order chi connectivity index (χ1) is 14.1. The van der Waals surface area contributed by atoms with Crippen molar-refractivity contribution in [2.45, 2.75) is 39.5 Å². The molecule has 2 amide bonds. The molecule has 0 saturated carbocycles. The molecule has 6 heteroatoms. The highest BCUT2D eigenvalue weighted by molar-refractivity contribution is 5.97. The maximum absolute atomic E-state index is 12.2. The van der Waals surface area contributed by atoms with Gasteiger partial charge in [0.15, 0.2) is 11.5 Å². The molecule has 1 fully saturated rings. The number of carbonyl (C=O) groups is 2. The number of nitrogens with one attached hydrogen (secondary N) is 1. The number of ether oxygens (including phenoxy) is 2. The van der Waals surface area contributed by atoms with Crippen molar-refractivity contribution in [2.24, 2.45) is 0 Å². The molecular weight excluding hydrogens is 368 g/mol. The van der Waals surface area contributed by atoms with Crippen LogP contribution in [0.3, 0.4) is 0 Å². The first-order valence-corrected chi connectivity index (χ1v) is 10.1. The molecule has 1 aliphatic heterocycles. The Bertz CT molecular complexity index is 866. The van der Waals surface area contributed by atoms with Crippen LogP contribution in [0.25, 0.3) is 0 Å². The second-order valence-electron chi connectivity index (χ2n) is 7.03. The molecule has 0 aliphatic carbocycles. The number of hydrogen-bond donors (Lipinski definition) is 1. The highest BCUT2D eigenvalue weighted by Gasteiger charge is 2.23. The van der Waals surface area contributed by atoms with Gasteiger partial charge in [0.1, 0.15) is 0 Å². The van der Waals surface area contributed by atoms with E-state index in [1.165, 1.54) is 0 Å². The Morgan fingerprint density at radius 1 is 1.14 bits per heavy atom. The predicted molar refractivity (Wildman–Crippen MR) is 114 cm³/mol. The quantitative estimate of drug-likeness (QED) is 0.641. The Morgan fingerprint density at radius 2 is 1.90 bits per heavy atom. The minimum Gasteiger partial charge on any atom is -0.490 e. The van der Waals surface area contributed by atoms with Gasteiger partial charge in [-0.15, -0.1) is 0 Å². The van der Waals surface area contributed by atoms with Crippen LogP contribution in [-0.2, 0) is 9.59 Å². The van der Waals surface area contributed by atoms with Crippen LogP contribution in [0, 0.1) is 6.92 Å². The lowest BCUT2D eigenvalue weighted by Gasteiger charge is -2.19. The Hall–Kier alpha value is -3.02. The lowest BCUT2D eigenvalue weighted by molar-refractivity contribution is -0.117. The molecule has 29 heavy (non-hydrogen) atoms. The number of para-hydroxylation sites is 2. The fraction of sp³-hybridized carbons (Fsp3) is 0.391. The highest BCUT2D eigenvalue weighted by Crippen LogP contribution is 2.28. The van der Waals surface area contributed by atoms with Crippen LogP contribution in [0.1, 0.15) is 38.2 Å². The van der Waals surface area contributed by atoms with E-state index in [4.69, 9.17) is 9.47 Å². The van der Waals surface area contributed by atoms with Crippen LogP contribution in [0.15, 0.2) is 42.5 Å². The SMILES string of the molecule is CCOc1ccccc1OCCCC(=O)Nc1ccc(N2CCCC2=O)c(C)c1. The molecule has 0 atom stereocenters. The topological polar surface area (TPSA) is 67.9 Å². The van der Waals surface area contributed by atoms with Gasteiger partial charge in [-0.1, -0.05) is 12.1 Å². The summed E-state index contributed by atoms with van der Waals surface area (Å²) in [6, 6.07) is 13.2. The normalized spacial score (nSPS) is 13.4. The van der Waals surface area contributed by atoms with Crippen LogP contribution in [0.2, 0.25) is 0 Å². The number of nitrogens with zero attached hydrogens (tertiary/aromatic N) is 1. The van der Waals surface area contributed by atoms with Gasteiger partial charge in [-0.05, 0) is 62.6 Å². The van der Waals surface area contributed by atoms with Crippen molar-refractivity contribution in [1.29, 1.82) is 0 Å². The second-order valence-corrected chi connectivity index (χ2v) is 7.03. The van der Waals surface area contributed by atoms with E-state index in [0.29, 0.717) is 44.0 Å². The van der Waals surface area contributed by atoms with Crippen molar-refractivity contribution < 1.29 is 19.1 Å². The monoisotopic (exact) mass is 396 g/mol. The van der Waals surface area contributed by atoms with Gasteiger partial charge < -0.3 is 19.7 Å². The Kier molecular flexibility index (Phi) is 7.11. The van der Waals surface area contributed by atoms with E-state index in [9.17, 15) is 9.59 Å². The zero-order valence-electron chi connectivity index (χ0n) is 17.1. The van der Waals surface area contributed by atoms with E-state index >= 15 is 0 Å². The van der Waals surface area contributed by atoms with Crippen LogP contribution in [0.4, 0.5) is 11.4 Å². The summed E-state index contributed by atoms with van der Waals surface area (Å²) in [6.07, 6.45) is 2.47. The zero-order valence-corrected chi connectivity index (χ0v) is 17.1. The summed E-state index contributed by atoms with van der Waals surface area (Å²) in [4.78, 5) is 26.0. The van der Waals surface area contributed by atoms with Gasteiger partial charge in [0.2, 0.25) is 11.8 Å².